The van der Waals surface area contributed by atoms with Crippen molar-refractivity contribution in [3.63, 3.8) is 0 Å². The maximum absolute atomic E-state index is 13.0. The molecular weight excluding hydrogens is 307 g/mol. The van der Waals surface area contributed by atoms with Gasteiger partial charge in [-0.1, -0.05) is 0 Å². The number of carbonyl (C=O) groups excluding carboxylic acids is 2. The third-order valence-electron chi connectivity index (χ3n) is 4.22. The standard InChI is InChI=1S/C19H17FN2O2/c1-12(23)21(2)16-8-9-17-14(10-16)11-18(22(17)3)19(24)13-4-6-15(20)7-5-13/h4-11H,1-3H3. The number of amides is 1. The summed E-state index contributed by atoms with van der Waals surface area (Å²) in [6.45, 7) is 1.50. The van der Waals surface area contributed by atoms with Gasteiger partial charge >= 0.3 is 0 Å². The van der Waals surface area contributed by atoms with Gasteiger partial charge in [0.05, 0.1) is 5.69 Å². The van der Waals surface area contributed by atoms with Crippen molar-refractivity contribution >= 4 is 28.3 Å². The number of aryl methyl sites for hydroxylation is 1. The third-order valence-corrected chi connectivity index (χ3v) is 4.22. The van der Waals surface area contributed by atoms with E-state index in [-0.39, 0.29) is 17.5 Å². The Balaban J connectivity index is 2.06. The molecule has 1 aromatic heterocycles. The van der Waals surface area contributed by atoms with E-state index in [1.165, 1.54) is 31.2 Å². The number of halogens is 1. The Kier molecular flexibility index (Phi) is 3.93. The Labute approximate surface area is 139 Å². The SMILES string of the molecule is CC(=O)N(C)c1ccc2c(c1)cc(C(=O)c1ccc(F)cc1)n2C. The van der Waals surface area contributed by atoms with Crippen LogP contribution in [0.5, 0.6) is 0 Å². The van der Waals surface area contributed by atoms with Crippen LogP contribution in [-0.2, 0) is 11.8 Å². The molecule has 0 saturated heterocycles. The molecule has 24 heavy (non-hydrogen) atoms. The first-order chi connectivity index (χ1) is 11.4. The number of carbonyl (C=O) groups is 2. The number of ketones is 1. The molecule has 122 valence electrons. The lowest BCUT2D eigenvalue weighted by atomic mass is 10.1. The van der Waals surface area contributed by atoms with Gasteiger partial charge in [0.2, 0.25) is 11.7 Å². The highest BCUT2D eigenvalue weighted by Crippen LogP contribution is 2.26. The van der Waals surface area contributed by atoms with Crippen molar-refractivity contribution in [2.45, 2.75) is 6.92 Å². The highest BCUT2D eigenvalue weighted by Gasteiger charge is 2.16. The van der Waals surface area contributed by atoms with Crippen LogP contribution in [0.15, 0.2) is 48.5 Å². The third kappa shape index (κ3) is 2.69. The van der Waals surface area contributed by atoms with Gasteiger partial charge in [0.15, 0.2) is 0 Å². The number of benzene rings is 2. The van der Waals surface area contributed by atoms with E-state index < -0.39 is 0 Å². The fourth-order valence-corrected chi connectivity index (χ4v) is 2.69. The average molecular weight is 324 g/mol. The molecule has 0 aliphatic rings. The summed E-state index contributed by atoms with van der Waals surface area (Å²) in [5.41, 5.74) is 2.60. The number of hydrogen-bond acceptors (Lipinski definition) is 2. The number of rotatable bonds is 3. The average Bonchev–Trinajstić information content (AvgIpc) is 2.90. The molecule has 0 radical (unpaired) electrons. The fraction of sp³-hybridized carbons (Fsp3) is 0.158. The summed E-state index contributed by atoms with van der Waals surface area (Å²) in [5, 5.41) is 0.869. The van der Waals surface area contributed by atoms with Gasteiger partial charge in [-0.3, -0.25) is 9.59 Å². The zero-order valence-corrected chi connectivity index (χ0v) is 13.7. The summed E-state index contributed by atoms with van der Waals surface area (Å²) < 4.78 is 14.8. The molecule has 5 heteroatoms. The van der Waals surface area contributed by atoms with Gasteiger partial charge in [-0.25, -0.2) is 4.39 Å². The number of aromatic nitrogens is 1. The summed E-state index contributed by atoms with van der Waals surface area (Å²) >= 11 is 0. The minimum Gasteiger partial charge on any atom is -0.341 e. The van der Waals surface area contributed by atoms with Crippen LogP contribution in [0.3, 0.4) is 0 Å². The molecule has 0 bridgehead atoms. The van der Waals surface area contributed by atoms with E-state index >= 15 is 0 Å². The number of hydrogen-bond donors (Lipinski definition) is 0. The summed E-state index contributed by atoms with van der Waals surface area (Å²) in [6.07, 6.45) is 0. The largest absolute Gasteiger partial charge is 0.341 e. The van der Waals surface area contributed by atoms with Gasteiger partial charge in [0.25, 0.3) is 0 Å². The van der Waals surface area contributed by atoms with Crippen LogP contribution >= 0.6 is 0 Å². The van der Waals surface area contributed by atoms with Gasteiger partial charge in [-0.05, 0) is 48.5 Å². The van der Waals surface area contributed by atoms with Crippen LogP contribution in [0.25, 0.3) is 10.9 Å². The summed E-state index contributed by atoms with van der Waals surface area (Å²) in [4.78, 5) is 25.7. The maximum Gasteiger partial charge on any atom is 0.223 e. The van der Waals surface area contributed by atoms with Gasteiger partial charge in [0, 0.05) is 43.2 Å². The van der Waals surface area contributed by atoms with Crippen molar-refractivity contribution in [2.75, 3.05) is 11.9 Å². The van der Waals surface area contributed by atoms with Crippen LogP contribution in [0.2, 0.25) is 0 Å². The van der Waals surface area contributed by atoms with Crippen LogP contribution in [0.1, 0.15) is 23.0 Å². The van der Waals surface area contributed by atoms with E-state index in [2.05, 4.69) is 0 Å². The van der Waals surface area contributed by atoms with Gasteiger partial charge in [-0.15, -0.1) is 0 Å². The van der Waals surface area contributed by atoms with Gasteiger partial charge in [0.1, 0.15) is 5.82 Å². The predicted molar refractivity (Wildman–Crippen MR) is 91.8 cm³/mol. The first kappa shape index (κ1) is 15.9. The lowest BCUT2D eigenvalue weighted by Crippen LogP contribution is -2.22. The molecule has 0 spiro atoms. The molecule has 0 aliphatic carbocycles. The summed E-state index contributed by atoms with van der Waals surface area (Å²) in [7, 11) is 3.52. The molecule has 3 aromatic rings. The predicted octanol–water partition coefficient (Wildman–Crippen LogP) is 3.53. The monoisotopic (exact) mass is 324 g/mol. The van der Waals surface area contributed by atoms with Crippen LogP contribution < -0.4 is 4.90 Å². The molecule has 0 unspecified atom stereocenters. The molecule has 0 N–H and O–H groups in total. The second-order valence-electron chi connectivity index (χ2n) is 5.75. The lowest BCUT2D eigenvalue weighted by molar-refractivity contribution is -0.116. The lowest BCUT2D eigenvalue weighted by Gasteiger charge is -2.14. The highest BCUT2D eigenvalue weighted by atomic mass is 19.1. The number of anilines is 1. The Bertz CT molecular complexity index is 942. The highest BCUT2D eigenvalue weighted by molar-refractivity contribution is 6.10. The molecular formula is C19H17FN2O2. The maximum atomic E-state index is 13.0. The Morgan fingerprint density at radius 1 is 1.04 bits per heavy atom. The van der Waals surface area contributed by atoms with Crippen molar-refractivity contribution < 1.29 is 14.0 Å². The molecule has 0 atom stereocenters. The van der Waals surface area contributed by atoms with E-state index in [4.69, 9.17) is 0 Å². The smallest absolute Gasteiger partial charge is 0.223 e. The van der Waals surface area contributed by atoms with Crippen LogP contribution in [0, 0.1) is 5.82 Å². The topological polar surface area (TPSA) is 42.3 Å². The number of nitrogens with zero attached hydrogens (tertiary/aromatic N) is 2. The fourth-order valence-electron chi connectivity index (χ4n) is 2.69. The molecule has 2 aromatic carbocycles. The summed E-state index contributed by atoms with van der Waals surface area (Å²) in [6, 6.07) is 12.9. The van der Waals surface area contributed by atoms with Crippen molar-refractivity contribution in [1.82, 2.24) is 4.57 Å². The van der Waals surface area contributed by atoms with Crippen molar-refractivity contribution in [3.8, 4) is 0 Å². The Morgan fingerprint density at radius 3 is 2.33 bits per heavy atom. The van der Waals surface area contributed by atoms with Crippen LogP contribution in [-0.4, -0.2) is 23.3 Å². The van der Waals surface area contributed by atoms with E-state index in [0.717, 1.165) is 16.6 Å². The van der Waals surface area contributed by atoms with Crippen molar-refractivity contribution in [1.29, 1.82) is 0 Å². The number of fused-ring (bicyclic) bond motifs is 1. The zero-order chi connectivity index (χ0) is 17.4. The van der Waals surface area contributed by atoms with Crippen molar-refractivity contribution in [2.24, 2.45) is 7.05 Å². The Hall–Kier alpha value is -2.95. The molecule has 4 nitrogen and oxygen atoms in total. The Morgan fingerprint density at radius 2 is 1.71 bits per heavy atom. The van der Waals surface area contributed by atoms with E-state index in [0.29, 0.717) is 11.3 Å². The normalized spacial score (nSPS) is 10.8. The molecule has 0 saturated carbocycles. The molecule has 1 heterocycles. The minimum atomic E-state index is -0.375. The minimum absolute atomic E-state index is 0.0621. The van der Waals surface area contributed by atoms with Gasteiger partial charge < -0.3 is 9.47 Å². The molecule has 3 rings (SSSR count). The van der Waals surface area contributed by atoms with E-state index in [1.807, 2.05) is 25.2 Å². The first-order valence-corrected chi connectivity index (χ1v) is 7.52. The van der Waals surface area contributed by atoms with E-state index in [1.54, 1.807) is 22.6 Å². The second kappa shape index (κ2) is 5.92. The molecule has 0 aliphatic heterocycles. The first-order valence-electron chi connectivity index (χ1n) is 7.52. The molecule has 0 fully saturated rings. The van der Waals surface area contributed by atoms with Gasteiger partial charge in [-0.2, -0.15) is 0 Å². The second-order valence-corrected chi connectivity index (χ2v) is 5.75. The summed E-state index contributed by atoms with van der Waals surface area (Å²) in [5.74, 6) is -0.608. The van der Waals surface area contributed by atoms with Crippen LogP contribution in [0.4, 0.5) is 10.1 Å². The quantitative estimate of drug-likeness (QED) is 0.692. The van der Waals surface area contributed by atoms with E-state index in [9.17, 15) is 14.0 Å². The van der Waals surface area contributed by atoms with Crippen molar-refractivity contribution in [3.05, 3.63) is 65.6 Å². The zero-order valence-electron chi connectivity index (χ0n) is 13.7. The molecule has 1 amide bonds.